The molecule has 6 nitrogen and oxygen atoms in total. The van der Waals surface area contributed by atoms with Gasteiger partial charge in [-0.25, -0.2) is 0 Å². The van der Waals surface area contributed by atoms with Crippen molar-refractivity contribution in [3.05, 3.63) is 42.5 Å². The monoisotopic (exact) mass is 341 g/mol. The van der Waals surface area contributed by atoms with Crippen molar-refractivity contribution < 1.29 is 4.74 Å². The number of piperidine rings is 1. The standard InChI is InChI=1S/C19H27N5O/c1-22-12-17(10-21-22)13-23-7-3-5-19(14-23)15-24(8-9-25-16-19)18-4-2-6-20-11-18/h2,4,6,10-12H,3,5,7-9,13-16H2,1H3/t19-/m0/s1. The minimum atomic E-state index is 0.201. The summed E-state index contributed by atoms with van der Waals surface area (Å²) in [6, 6.07) is 4.17. The zero-order chi connectivity index (χ0) is 17.1. The van der Waals surface area contributed by atoms with Crippen molar-refractivity contribution in [2.45, 2.75) is 19.4 Å². The van der Waals surface area contributed by atoms with Crippen LogP contribution in [0.15, 0.2) is 36.9 Å². The van der Waals surface area contributed by atoms with Crippen molar-refractivity contribution in [1.29, 1.82) is 0 Å². The van der Waals surface area contributed by atoms with Gasteiger partial charge in [0.2, 0.25) is 0 Å². The first-order valence-electron chi connectivity index (χ1n) is 9.15. The Morgan fingerprint density at radius 3 is 3.00 bits per heavy atom. The molecule has 2 saturated heterocycles. The van der Waals surface area contributed by atoms with E-state index in [1.807, 2.05) is 36.4 Å². The van der Waals surface area contributed by atoms with Gasteiger partial charge in [-0.1, -0.05) is 0 Å². The minimum Gasteiger partial charge on any atom is -0.379 e. The van der Waals surface area contributed by atoms with Gasteiger partial charge in [0.05, 0.1) is 31.3 Å². The number of aryl methyl sites for hydroxylation is 1. The Balaban J connectivity index is 1.48. The lowest BCUT2D eigenvalue weighted by Crippen LogP contribution is -2.50. The zero-order valence-electron chi connectivity index (χ0n) is 15.0. The SMILES string of the molecule is Cn1cc(CN2CCC[C@]3(COCCN(c4cccnc4)C3)C2)cn1. The molecule has 0 aliphatic carbocycles. The fourth-order valence-corrected chi connectivity index (χ4v) is 4.26. The highest BCUT2D eigenvalue weighted by molar-refractivity contribution is 5.44. The molecular weight excluding hydrogens is 314 g/mol. The largest absolute Gasteiger partial charge is 0.379 e. The molecule has 134 valence electrons. The summed E-state index contributed by atoms with van der Waals surface area (Å²) in [5.41, 5.74) is 2.70. The summed E-state index contributed by atoms with van der Waals surface area (Å²) in [7, 11) is 1.98. The van der Waals surface area contributed by atoms with Gasteiger partial charge in [0.25, 0.3) is 0 Å². The van der Waals surface area contributed by atoms with Gasteiger partial charge in [0.15, 0.2) is 0 Å². The van der Waals surface area contributed by atoms with E-state index in [0.29, 0.717) is 0 Å². The highest BCUT2D eigenvalue weighted by Crippen LogP contribution is 2.34. The van der Waals surface area contributed by atoms with Gasteiger partial charge in [0.1, 0.15) is 0 Å². The number of rotatable bonds is 3. The average molecular weight is 341 g/mol. The Morgan fingerprint density at radius 2 is 2.20 bits per heavy atom. The number of hydrogen-bond donors (Lipinski definition) is 0. The second kappa shape index (κ2) is 7.14. The van der Waals surface area contributed by atoms with Crippen molar-refractivity contribution in [3.8, 4) is 0 Å². The quantitative estimate of drug-likeness (QED) is 0.854. The van der Waals surface area contributed by atoms with E-state index >= 15 is 0 Å². The highest BCUT2D eigenvalue weighted by Gasteiger charge is 2.39. The minimum absolute atomic E-state index is 0.201. The molecular formula is C19H27N5O. The van der Waals surface area contributed by atoms with E-state index in [0.717, 1.165) is 45.9 Å². The van der Waals surface area contributed by atoms with Crippen LogP contribution in [0.2, 0.25) is 0 Å². The Bertz CT molecular complexity index is 688. The van der Waals surface area contributed by atoms with Crippen molar-refractivity contribution in [2.75, 3.05) is 44.3 Å². The number of aromatic nitrogens is 3. The topological polar surface area (TPSA) is 46.4 Å². The van der Waals surface area contributed by atoms with E-state index in [1.165, 1.54) is 24.1 Å². The number of likely N-dealkylation sites (tertiary alicyclic amines) is 1. The van der Waals surface area contributed by atoms with Gasteiger partial charge in [-0.2, -0.15) is 5.10 Å². The van der Waals surface area contributed by atoms with E-state index in [4.69, 9.17) is 4.74 Å². The number of nitrogens with zero attached hydrogens (tertiary/aromatic N) is 5. The van der Waals surface area contributed by atoms with Crippen molar-refractivity contribution in [1.82, 2.24) is 19.7 Å². The molecule has 2 aliphatic rings. The highest BCUT2D eigenvalue weighted by atomic mass is 16.5. The predicted octanol–water partition coefficient (Wildman–Crippen LogP) is 1.93. The molecule has 0 amide bonds. The molecule has 25 heavy (non-hydrogen) atoms. The molecule has 2 aromatic rings. The third kappa shape index (κ3) is 3.85. The average Bonchev–Trinajstić information content (AvgIpc) is 2.92. The van der Waals surface area contributed by atoms with E-state index in [2.05, 4.69) is 32.1 Å². The molecule has 0 saturated carbocycles. The maximum Gasteiger partial charge on any atom is 0.0641 e. The summed E-state index contributed by atoms with van der Waals surface area (Å²) in [6.07, 6.45) is 10.4. The van der Waals surface area contributed by atoms with Crippen LogP contribution in [-0.4, -0.2) is 59.1 Å². The number of pyridine rings is 1. The van der Waals surface area contributed by atoms with E-state index in [1.54, 1.807) is 0 Å². The van der Waals surface area contributed by atoms with Crippen LogP contribution >= 0.6 is 0 Å². The lowest BCUT2D eigenvalue weighted by Gasteiger charge is -2.44. The van der Waals surface area contributed by atoms with Crippen LogP contribution in [0.5, 0.6) is 0 Å². The molecule has 6 heteroatoms. The van der Waals surface area contributed by atoms with Gasteiger partial charge in [0, 0.05) is 56.6 Å². The lowest BCUT2D eigenvalue weighted by atomic mass is 9.80. The van der Waals surface area contributed by atoms with E-state index < -0.39 is 0 Å². The molecule has 2 fully saturated rings. The second-order valence-corrected chi connectivity index (χ2v) is 7.52. The summed E-state index contributed by atoms with van der Waals surface area (Å²) < 4.78 is 7.92. The Kier molecular flexibility index (Phi) is 4.72. The third-order valence-corrected chi connectivity index (χ3v) is 5.36. The molecule has 0 unspecified atom stereocenters. The fourth-order valence-electron chi connectivity index (χ4n) is 4.26. The van der Waals surface area contributed by atoms with Crippen molar-refractivity contribution in [2.24, 2.45) is 12.5 Å². The van der Waals surface area contributed by atoms with Crippen LogP contribution in [0.3, 0.4) is 0 Å². The summed E-state index contributed by atoms with van der Waals surface area (Å²) in [5, 5.41) is 4.30. The molecule has 0 N–H and O–H groups in total. The van der Waals surface area contributed by atoms with Crippen LogP contribution in [0.25, 0.3) is 0 Å². The first-order chi connectivity index (χ1) is 12.2. The predicted molar refractivity (Wildman–Crippen MR) is 97.4 cm³/mol. The normalized spacial score (nSPS) is 25.2. The fraction of sp³-hybridized carbons (Fsp3) is 0.579. The first kappa shape index (κ1) is 16.5. The van der Waals surface area contributed by atoms with Gasteiger partial charge >= 0.3 is 0 Å². The zero-order valence-corrected chi connectivity index (χ0v) is 15.0. The molecule has 2 aromatic heterocycles. The Labute approximate surface area is 149 Å². The van der Waals surface area contributed by atoms with Crippen LogP contribution in [0, 0.1) is 5.41 Å². The van der Waals surface area contributed by atoms with Crippen LogP contribution in [0.1, 0.15) is 18.4 Å². The maximum atomic E-state index is 6.04. The van der Waals surface area contributed by atoms with Gasteiger partial charge in [-0.3, -0.25) is 14.6 Å². The van der Waals surface area contributed by atoms with Crippen LogP contribution < -0.4 is 4.90 Å². The summed E-state index contributed by atoms with van der Waals surface area (Å²) >= 11 is 0. The third-order valence-electron chi connectivity index (χ3n) is 5.36. The number of hydrogen-bond acceptors (Lipinski definition) is 5. The molecule has 0 aromatic carbocycles. The van der Waals surface area contributed by atoms with Gasteiger partial charge < -0.3 is 9.64 Å². The van der Waals surface area contributed by atoms with Crippen molar-refractivity contribution in [3.63, 3.8) is 0 Å². The Hall–Kier alpha value is -1.92. The van der Waals surface area contributed by atoms with Crippen LogP contribution in [-0.2, 0) is 18.3 Å². The molecule has 4 heterocycles. The molecule has 0 bridgehead atoms. The molecule has 2 aliphatic heterocycles. The smallest absolute Gasteiger partial charge is 0.0641 e. The first-order valence-corrected chi connectivity index (χ1v) is 9.15. The van der Waals surface area contributed by atoms with Crippen LogP contribution in [0.4, 0.5) is 5.69 Å². The summed E-state index contributed by atoms with van der Waals surface area (Å²) in [6.45, 7) is 6.84. The second-order valence-electron chi connectivity index (χ2n) is 7.52. The lowest BCUT2D eigenvalue weighted by molar-refractivity contribution is 0.0106. The molecule has 1 spiro atoms. The van der Waals surface area contributed by atoms with E-state index in [9.17, 15) is 0 Å². The number of ether oxygens (including phenoxy) is 1. The summed E-state index contributed by atoms with van der Waals surface area (Å²) in [4.78, 5) is 9.31. The van der Waals surface area contributed by atoms with Crippen molar-refractivity contribution >= 4 is 5.69 Å². The van der Waals surface area contributed by atoms with Gasteiger partial charge in [-0.05, 0) is 31.5 Å². The Morgan fingerprint density at radius 1 is 1.24 bits per heavy atom. The van der Waals surface area contributed by atoms with E-state index in [-0.39, 0.29) is 5.41 Å². The number of anilines is 1. The molecule has 1 atom stereocenters. The summed E-state index contributed by atoms with van der Waals surface area (Å²) in [5.74, 6) is 0. The van der Waals surface area contributed by atoms with Gasteiger partial charge in [-0.15, -0.1) is 0 Å². The molecule has 4 rings (SSSR count). The molecule has 0 radical (unpaired) electrons. The maximum absolute atomic E-state index is 6.04.